The molecule has 1 aromatic rings. The number of rotatable bonds is 4. The zero-order chi connectivity index (χ0) is 16.0. The minimum atomic E-state index is -4.12. The lowest BCUT2D eigenvalue weighted by Crippen LogP contribution is -2.28. The van der Waals surface area contributed by atoms with Crippen LogP contribution in [0.25, 0.3) is 0 Å². The second-order valence-corrected chi connectivity index (χ2v) is 7.84. The molecule has 21 heavy (non-hydrogen) atoms. The van der Waals surface area contributed by atoms with Gasteiger partial charge in [0, 0.05) is 6.54 Å². The van der Waals surface area contributed by atoms with E-state index < -0.39 is 26.6 Å². The van der Waals surface area contributed by atoms with Crippen LogP contribution in [-0.2, 0) is 10.0 Å². The van der Waals surface area contributed by atoms with E-state index in [0.717, 1.165) is 18.6 Å². The summed E-state index contributed by atoms with van der Waals surface area (Å²) in [4.78, 5) is 11.5. The van der Waals surface area contributed by atoms with Gasteiger partial charge in [-0.1, -0.05) is 25.4 Å². The average Bonchev–Trinajstić information content (AvgIpc) is 2.92. The fourth-order valence-corrected chi connectivity index (χ4v) is 3.24. The van der Waals surface area contributed by atoms with Crippen molar-refractivity contribution in [2.24, 2.45) is 16.5 Å². The summed E-state index contributed by atoms with van der Waals surface area (Å²) in [6, 6.07) is 1.64. The quantitative estimate of drug-likeness (QED) is 0.881. The fraction of sp³-hybridized carbons (Fsp3) is 0.462. The molecule has 8 heteroatoms. The van der Waals surface area contributed by atoms with Crippen molar-refractivity contribution in [2.75, 3.05) is 6.54 Å². The van der Waals surface area contributed by atoms with Crippen LogP contribution in [0.5, 0.6) is 0 Å². The molecule has 2 rings (SSSR count). The van der Waals surface area contributed by atoms with E-state index in [1.54, 1.807) is 0 Å². The third kappa shape index (κ3) is 3.53. The predicted octanol–water partition coefficient (Wildman–Crippen LogP) is 1.90. The zero-order valence-electron chi connectivity index (χ0n) is 11.6. The van der Waals surface area contributed by atoms with Gasteiger partial charge in [0.05, 0.1) is 10.6 Å². The number of hydrogen-bond acceptors (Lipinski definition) is 3. The molecule has 0 aliphatic heterocycles. The minimum absolute atomic E-state index is 0.178. The first kappa shape index (κ1) is 16.2. The Kier molecular flexibility index (Phi) is 4.03. The average molecular weight is 335 g/mol. The first-order valence-electron chi connectivity index (χ1n) is 6.32. The molecule has 0 bridgehead atoms. The van der Waals surface area contributed by atoms with Crippen LogP contribution in [0, 0.1) is 17.2 Å². The maximum Gasteiger partial charge on any atom is 0.254 e. The molecule has 1 atom stereocenters. The smallest absolute Gasteiger partial charge is 0.254 e. The van der Waals surface area contributed by atoms with Crippen molar-refractivity contribution in [1.29, 1.82) is 0 Å². The molecule has 5 nitrogen and oxygen atoms in total. The van der Waals surface area contributed by atoms with Crippen LogP contribution in [0.4, 0.5) is 4.39 Å². The topological polar surface area (TPSA) is 89.3 Å². The molecule has 0 aromatic heterocycles. The maximum atomic E-state index is 13.8. The Morgan fingerprint density at radius 1 is 1.52 bits per heavy atom. The fourth-order valence-electron chi connectivity index (χ4n) is 2.16. The number of nitrogens with two attached hydrogens (primary N) is 1. The van der Waals surface area contributed by atoms with Crippen molar-refractivity contribution in [3.8, 4) is 0 Å². The third-order valence-electron chi connectivity index (χ3n) is 3.80. The van der Waals surface area contributed by atoms with Crippen molar-refractivity contribution in [3.63, 3.8) is 0 Å². The van der Waals surface area contributed by atoms with E-state index in [1.807, 2.05) is 0 Å². The molecule has 1 aliphatic rings. The third-order valence-corrected chi connectivity index (χ3v) is 5.17. The molecular weight excluding hydrogens is 319 g/mol. The minimum Gasteiger partial charge on any atom is -0.352 e. The van der Waals surface area contributed by atoms with Gasteiger partial charge in [-0.3, -0.25) is 4.79 Å². The number of halogens is 2. The van der Waals surface area contributed by atoms with Gasteiger partial charge in [0.2, 0.25) is 10.0 Å². The van der Waals surface area contributed by atoms with E-state index in [4.69, 9.17) is 16.7 Å². The molecule has 1 amide bonds. The number of amides is 1. The lowest BCUT2D eigenvalue weighted by atomic mass is 10.1. The number of primary sulfonamides is 1. The van der Waals surface area contributed by atoms with E-state index in [-0.39, 0.29) is 16.0 Å². The summed E-state index contributed by atoms with van der Waals surface area (Å²) in [5.74, 6) is -1.23. The Labute approximate surface area is 127 Å². The normalized spacial score (nSPS) is 20.1. The molecular formula is C13H16ClFN2O3S. The molecule has 0 heterocycles. The lowest BCUT2D eigenvalue weighted by Gasteiger charge is -2.09. The predicted molar refractivity (Wildman–Crippen MR) is 77.0 cm³/mol. The maximum absolute atomic E-state index is 13.8. The number of hydrogen-bond donors (Lipinski definition) is 2. The highest BCUT2D eigenvalue weighted by Gasteiger charge is 2.45. The number of benzene rings is 1. The largest absolute Gasteiger partial charge is 0.352 e. The van der Waals surface area contributed by atoms with Gasteiger partial charge in [0.15, 0.2) is 0 Å². The molecule has 1 saturated carbocycles. The Hall–Kier alpha value is -1.18. The summed E-state index contributed by atoms with van der Waals surface area (Å²) in [6.07, 6.45) is 0.985. The molecule has 1 unspecified atom stereocenters. The Balaban J connectivity index is 2.21. The molecule has 0 radical (unpaired) electrons. The first-order valence-corrected chi connectivity index (χ1v) is 8.25. The Bertz CT molecular complexity index is 704. The van der Waals surface area contributed by atoms with E-state index >= 15 is 0 Å². The Morgan fingerprint density at radius 2 is 2.10 bits per heavy atom. The summed E-state index contributed by atoms with van der Waals surface area (Å²) >= 11 is 5.63. The summed E-state index contributed by atoms with van der Waals surface area (Å²) in [5, 5.41) is 7.22. The lowest BCUT2D eigenvalue weighted by molar-refractivity contribution is 0.0946. The molecule has 1 aromatic carbocycles. The van der Waals surface area contributed by atoms with Gasteiger partial charge in [-0.25, -0.2) is 17.9 Å². The number of sulfonamides is 1. The summed E-state index contributed by atoms with van der Waals surface area (Å²) in [6.45, 7) is 4.57. The SMILES string of the molecule is CC1(C)CC1CNC(=O)c1cc(S(N)(=O)=O)c(Cl)cc1F. The van der Waals surface area contributed by atoms with Gasteiger partial charge in [-0.2, -0.15) is 0 Å². The molecule has 0 saturated heterocycles. The van der Waals surface area contributed by atoms with E-state index in [1.165, 1.54) is 0 Å². The van der Waals surface area contributed by atoms with Gasteiger partial charge in [-0.15, -0.1) is 0 Å². The molecule has 3 N–H and O–H groups in total. The van der Waals surface area contributed by atoms with Crippen LogP contribution in [-0.4, -0.2) is 20.9 Å². The van der Waals surface area contributed by atoms with Gasteiger partial charge in [-0.05, 0) is 29.9 Å². The number of carbonyl (C=O) groups excluding carboxylic acids is 1. The van der Waals surface area contributed by atoms with Crippen molar-refractivity contribution >= 4 is 27.5 Å². The van der Waals surface area contributed by atoms with E-state index in [9.17, 15) is 17.6 Å². The monoisotopic (exact) mass is 334 g/mol. The van der Waals surface area contributed by atoms with Crippen molar-refractivity contribution in [3.05, 3.63) is 28.5 Å². The second kappa shape index (κ2) is 5.23. The standard InChI is InChI=1S/C13H16ClFN2O3S/c1-13(2)5-7(13)6-17-12(18)8-3-11(21(16,19)20)9(14)4-10(8)15/h3-4,7H,5-6H2,1-2H3,(H,17,18)(H2,16,19,20). The van der Waals surface area contributed by atoms with E-state index in [2.05, 4.69) is 19.2 Å². The second-order valence-electron chi connectivity index (χ2n) is 5.91. The van der Waals surface area contributed by atoms with Crippen LogP contribution < -0.4 is 10.5 Å². The number of nitrogens with one attached hydrogen (secondary N) is 1. The highest BCUT2D eigenvalue weighted by Crippen LogP contribution is 2.51. The Morgan fingerprint density at radius 3 is 2.57 bits per heavy atom. The zero-order valence-corrected chi connectivity index (χ0v) is 13.2. The van der Waals surface area contributed by atoms with Crippen LogP contribution in [0.2, 0.25) is 5.02 Å². The summed E-state index contributed by atoms with van der Waals surface area (Å²) < 4.78 is 36.5. The van der Waals surface area contributed by atoms with E-state index in [0.29, 0.717) is 12.5 Å². The highest BCUT2D eigenvalue weighted by molar-refractivity contribution is 7.89. The van der Waals surface area contributed by atoms with Gasteiger partial charge >= 0.3 is 0 Å². The summed E-state index contributed by atoms with van der Waals surface area (Å²) in [5.41, 5.74) is -0.209. The van der Waals surface area contributed by atoms with Crippen molar-refractivity contribution in [2.45, 2.75) is 25.2 Å². The van der Waals surface area contributed by atoms with Crippen LogP contribution in [0.3, 0.4) is 0 Å². The number of carbonyl (C=O) groups is 1. The van der Waals surface area contributed by atoms with Gasteiger partial charge < -0.3 is 5.32 Å². The van der Waals surface area contributed by atoms with Crippen molar-refractivity contribution < 1.29 is 17.6 Å². The van der Waals surface area contributed by atoms with Crippen LogP contribution in [0.1, 0.15) is 30.6 Å². The summed E-state index contributed by atoms with van der Waals surface area (Å²) in [7, 11) is -4.12. The first-order chi connectivity index (χ1) is 9.52. The van der Waals surface area contributed by atoms with Gasteiger partial charge in [0.1, 0.15) is 10.7 Å². The molecule has 1 aliphatic carbocycles. The van der Waals surface area contributed by atoms with Crippen molar-refractivity contribution in [1.82, 2.24) is 5.32 Å². The van der Waals surface area contributed by atoms with Crippen LogP contribution >= 0.6 is 11.6 Å². The molecule has 1 fully saturated rings. The molecule has 0 spiro atoms. The van der Waals surface area contributed by atoms with Crippen LogP contribution in [0.15, 0.2) is 17.0 Å². The highest BCUT2D eigenvalue weighted by atomic mass is 35.5. The molecule has 116 valence electrons. The van der Waals surface area contributed by atoms with Gasteiger partial charge in [0.25, 0.3) is 5.91 Å².